The fourth-order valence-electron chi connectivity index (χ4n) is 2.73. The van der Waals surface area contributed by atoms with Gasteiger partial charge >= 0.3 is 5.97 Å². The second kappa shape index (κ2) is 5.23. The van der Waals surface area contributed by atoms with Crippen LogP contribution >= 0.6 is 11.3 Å². The van der Waals surface area contributed by atoms with Gasteiger partial charge in [0.15, 0.2) is 0 Å². The molecule has 1 aliphatic heterocycles. The maximum absolute atomic E-state index is 11.6. The molecule has 0 spiro atoms. The molecule has 1 aromatic heterocycles. The lowest BCUT2D eigenvalue weighted by molar-refractivity contribution is -0.150. The van der Waals surface area contributed by atoms with Gasteiger partial charge in [0.05, 0.1) is 6.61 Å². The number of carboxylic acids is 1. The first-order valence-electron chi connectivity index (χ1n) is 6.76. The van der Waals surface area contributed by atoms with Gasteiger partial charge in [0.2, 0.25) is 0 Å². The standard InChI is InChI=1S/C14H19NO3S/c16-13(17)14(4-5-18-10-14)9-15(12-1-2-12)7-11-3-6-19-8-11/h3,6,8,12H,1-2,4-5,7,9-10H2,(H,16,17). The highest BCUT2D eigenvalue weighted by molar-refractivity contribution is 7.07. The van der Waals surface area contributed by atoms with E-state index in [0.29, 0.717) is 32.2 Å². The topological polar surface area (TPSA) is 49.8 Å². The molecule has 2 fully saturated rings. The highest BCUT2D eigenvalue weighted by Gasteiger charge is 2.46. The van der Waals surface area contributed by atoms with Crippen molar-refractivity contribution in [3.05, 3.63) is 22.4 Å². The van der Waals surface area contributed by atoms with Gasteiger partial charge in [0.1, 0.15) is 5.41 Å². The molecule has 19 heavy (non-hydrogen) atoms. The maximum atomic E-state index is 11.6. The molecule has 2 heterocycles. The molecule has 1 unspecified atom stereocenters. The van der Waals surface area contributed by atoms with Crippen LogP contribution in [0.4, 0.5) is 0 Å². The van der Waals surface area contributed by atoms with Crippen molar-refractivity contribution in [1.82, 2.24) is 4.90 Å². The van der Waals surface area contributed by atoms with Crippen molar-refractivity contribution in [2.24, 2.45) is 5.41 Å². The highest BCUT2D eigenvalue weighted by atomic mass is 32.1. The Balaban J connectivity index is 1.71. The SMILES string of the molecule is O=C(O)C1(CN(Cc2ccsc2)C2CC2)CCOC1. The summed E-state index contributed by atoms with van der Waals surface area (Å²) in [5.41, 5.74) is 0.592. The van der Waals surface area contributed by atoms with Crippen LogP contribution in [0.15, 0.2) is 16.8 Å². The van der Waals surface area contributed by atoms with Crippen molar-refractivity contribution >= 4 is 17.3 Å². The van der Waals surface area contributed by atoms with E-state index in [2.05, 4.69) is 21.7 Å². The molecule has 0 amide bonds. The van der Waals surface area contributed by atoms with E-state index in [1.165, 1.54) is 18.4 Å². The zero-order valence-electron chi connectivity index (χ0n) is 10.9. The van der Waals surface area contributed by atoms with Crippen LogP contribution < -0.4 is 0 Å². The predicted octanol–water partition coefficient (Wildman–Crippen LogP) is 2.20. The first-order valence-corrected chi connectivity index (χ1v) is 7.70. The van der Waals surface area contributed by atoms with Gasteiger partial charge in [0, 0.05) is 25.7 Å². The van der Waals surface area contributed by atoms with Crippen LogP contribution in [-0.4, -0.2) is 41.8 Å². The molecule has 0 aromatic carbocycles. The molecule has 4 nitrogen and oxygen atoms in total. The number of thiophene rings is 1. The molecule has 1 saturated carbocycles. The summed E-state index contributed by atoms with van der Waals surface area (Å²) in [7, 11) is 0. The summed E-state index contributed by atoms with van der Waals surface area (Å²) in [6.07, 6.45) is 3.02. The van der Waals surface area contributed by atoms with Gasteiger partial charge in [-0.05, 0) is 41.7 Å². The molecule has 0 radical (unpaired) electrons. The van der Waals surface area contributed by atoms with Crippen molar-refractivity contribution in [3.8, 4) is 0 Å². The average Bonchev–Trinajstić information content (AvgIpc) is 2.90. The smallest absolute Gasteiger partial charge is 0.313 e. The molecule has 1 saturated heterocycles. The summed E-state index contributed by atoms with van der Waals surface area (Å²) in [6.45, 7) is 2.41. The van der Waals surface area contributed by atoms with Crippen molar-refractivity contribution in [2.75, 3.05) is 19.8 Å². The quantitative estimate of drug-likeness (QED) is 0.868. The van der Waals surface area contributed by atoms with Crippen LogP contribution in [0.1, 0.15) is 24.8 Å². The Morgan fingerprint density at radius 3 is 2.95 bits per heavy atom. The molecular weight excluding hydrogens is 262 g/mol. The number of ether oxygens (including phenoxy) is 1. The third kappa shape index (κ3) is 2.83. The van der Waals surface area contributed by atoms with Gasteiger partial charge in [-0.15, -0.1) is 0 Å². The molecule has 1 aliphatic carbocycles. The van der Waals surface area contributed by atoms with Crippen LogP contribution in [0, 0.1) is 5.41 Å². The number of carboxylic acid groups (broad SMARTS) is 1. The minimum absolute atomic E-state index is 0.356. The van der Waals surface area contributed by atoms with E-state index in [0.717, 1.165) is 6.54 Å². The largest absolute Gasteiger partial charge is 0.481 e. The molecule has 5 heteroatoms. The lowest BCUT2D eigenvalue weighted by Crippen LogP contribution is -2.44. The fourth-order valence-corrected chi connectivity index (χ4v) is 3.39. The molecule has 2 aliphatic rings. The summed E-state index contributed by atoms with van der Waals surface area (Å²) >= 11 is 1.69. The summed E-state index contributed by atoms with van der Waals surface area (Å²) in [5.74, 6) is -0.707. The van der Waals surface area contributed by atoms with Gasteiger partial charge in [-0.3, -0.25) is 9.69 Å². The first kappa shape index (κ1) is 13.1. The van der Waals surface area contributed by atoms with E-state index >= 15 is 0 Å². The third-order valence-electron chi connectivity index (χ3n) is 4.09. The van der Waals surface area contributed by atoms with E-state index in [1.807, 2.05) is 0 Å². The minimum atomic E-state index is -0.707. The minimum Gasteiger partial charge on any atom is -0.481 e. The van der Waals surface area contributed by atoms with Crippen molar-refractivity contribution in [3.63, 3.8) is 0 Å². The Morgan fingerprint density at radius 2 is 2.42 bits per heavy atom. The van der Waals surface area contributed by atoms with Crippen molar-refractivity contribution < 1.29 is 14.6 Å². The van der Waals surface area contributed by atoms with Crippen molar-refractivity contribution in [1.29, 1.82) is 0 Å². The Kier molecular flexibility index (Phi) is 3.60. The number of hydrogen-bond acceptors (Lipinski definition) is 4. The van der Waals surface area contributed by atoms with E-state index in [-0.39, 0.29) is 0 Å². The van der Waals surface area contributed by atoms with Gasteiger partial charge < -0.3 is 9.84 Å². The zero-order valence-corrected chi connectivity index (χ0v) is 11.7. The third-order valence-corrected chi connectivity index (χ3v) is 4.82. The van der Waals surface area contributed by atoms with Crippen LogP contribution in [0.3, 0.4) is 0 Å². The highest BCUT2D eigenvalue weighted by Crippen LogP contribution is 2.36. The second-order valence-corrected chi connectivity index (χ2v) is 6.44. The number of nitrogens with zero attached hydrogens (tertiary/aromatic N) is 1. The van der Waals surface area contributed by atoms with Crippen LogP contribution in [0.25, 0.3) is 0 Å². The number of hydrogen-bond donors (Lipinski definition) is 1. The Labute approximate surface area is 117 Å². The Hall–Kier alpha value is -0.910. The number of aliphatic carboxylic acids is 1. The molecule has 1 aromatic rings. The summed E-state index contributed by atoms with van der Waals surface area (Å²) < 4.78 is 5.35. The maximum Gasteiger partial charge on any atom is 0.313 e. The average molecular weight is 281 g/mol. The lowest BCUT2D eigenvalue weighted by Gasteiger charge is -2.31. The van der Waals surface area contributed by atoms with Crippen molar-refractivity contribution in [2.45, 2.75) is 31.8 Å². The summed E-state index contributed by atoms with van der Waals surface area (Å²) in [4.78, 5) is 13.9. The van der Waals surface area contributed by atoms with Crippen LogP contribution in [0.2, 0.25) is 0 Å². The monoisotopic (exact) mass is 281 g/mol. The van der Waals surface area contributed by atoms with Crippen LogP contribution in [0.5, 0.6) is 0 Å². The van der Waals surface area contributed by atoms with Crippen LogP contribution in [-0.2, 0) is 16.1 Å². The molecular formula is C14H19NO3S. The molecule has 104 valence electrons. The van der Waals surface area contributed by atoms with E-state index in [1.54, 1.807) is 11.3 Å². The fraction of sp³-hybridized carbons (Fsp3) is 0.643. The molecule has 3 rings (SSSR count). The molecule has 1 atom stereocenters. The summed E-state index contributed by atoms with van der Waals surface area (Å²) in [6, 6.07) is 2.69. The van der Waals surface area contributed by atoms with E-state index in [9.17, 15) is 9.90 Å². The molecule has 1 N–H and O–H groups in total. The van der Waals surface area contributed by atoms with Gasteiger partial charge in [0.25, 0.3) is 0 Å². The van der Waals surface area contributed by atoms with E-state index in [4.69, 9.17) is 4.74 Å². The Morgan fingerprint density at radius 1 is 1.58 bits per heavy atom. The first-order chi connectivity index (χ1) is 9.20. The number of rotatable bonds is 6. The molecule has 0 bridgehead atoms. The second-order valence-electron chi connectivity index (χ2n) is 5.66. The Bertz CT molecular complexity index is 436. The summed E-state index contributed by atoms with van der Waals surface area (Å²) in [5, 5.41) is 13.8. The normalized spacial score (nSPS) is 27.0. The van der Waals surface area contributed by atoms with Gasteiger partial charge in [-0.1, -0.05) is 0 Å². The van der Waals surface area contributed by atoms with Gasteiger partial charge in [-0.25, -0.2) is 0 Å². The van der Waals surface area contributed by atoms with Gasteiger partial charge in [-0.2, -0.15) is 11.3 Å². The van der Waals surface area contributed by atoms with E-state index < -0.39 is 11.4 Å². The zero-order chi connectivity index (χ0) is 13.3. The lowest BCUT2D eigenvalue weighted by atomic mass is 9.86. The predicted molar refractivity (Wildman–Crippen MR) is 73.3 cm³/mol. The number of carbonyl (C=O) groups is 1.